The third kappa shape index (κ3) is 2.56. The van der Waals surface area contributed by atoms with Gasteiger partial charge >= 0.3 is 0 Å². The van der Waals surface area contributed by atoms with Crippen LogP contribution in [0.4, 0.5) is 4.39 Å². The first-order valence-electron chi connectivity index (χ1n) is 7.63. The van der Waals surface area contributed by atoms with Crippen LogP contribution < -0.4 is 10.1 Å². The van der Waals surface area contributed by atoms with E-state index >= 15 is 0 Å². The molecule has 20 heavy (non-hydrogen) atoms. The van der Waals surface area contributed by atoms with E-state index in [2.05, 4.69) is 26.1 Å². The summed E-state index contributed by atoms with van der Waals surface area (Å²) in [6, 6.07) is 5.94. The summed E-state index contributed by atoms with van der Waals surface area (Å²) >= 11 is 0. The smallest absolute Gasteiger partial charge is 0.165 e. The Balaban J connectivity index is 2.15. The van der Waals surface area contributed by atoms with E-state index in [9.17, 15) is 4.39 Å². The van der Waals surface area contributed by atoms with E-state index in [0.29, 0.717) is 17.7 Å². The largest absolute Gasteiger partial charge is 0.494 e. The van der Waals surface area contributed by atoms with Gasteiger partial charge in [-0.05, 0) is 54.8 Å². The van der Waals surface area contributed by atoms with Crippen LogP contribution in [0.1, 0.15) is 51.5 Å². The second-order valence-corrected chi connectivity index (χ2v) is 6.05. The minimum atomic E-state index is -0.256. The standard InChI is InChI=1S/C17H26FNO/c1-5-9-19-16-11-13(17(16,3)6-2)12-7-8-15(20-4)14(18)10-12/h7-8,10,13,16,19H,5-6,9,11H2,1-4H3. The molecule has 1 aliphatic carbocycles. The lowest BCUT2D eigenvalue weighted by atomic mass is 9.54. The van der Waals surface area contributed by atoms with Crippen molar-refractivity contribution in [2.45, 2.75) is 52.0 Å². The van der Waals surface area contributed by atoms with Crippen molar-refractivity contribution in [3.63, 3.8) is 0 Å². The minimum Gasteiger partial charge on any atom is -0.494 e. The summed E-state index contributed by atoms with van der Waals surface area (Å²) in [5.41, 5.74) is 1.32. The Kier molecular flexibility index (Phi) is 4.69. The summed E-state index contributed by atoms with van der Waals surface area (Å²) in [6.07, 6.45) is 3.35. The lowest BCUT2D eigenvalue weighted by molar-refractivity contribution is 0.0443. The topological polar surface area (TPSA) is 21.3 Å². The molecule has 1 aromatic rings. The number of halogens is 1. The molecule has 3 heteroatoms. The molecule has 1 aliphatic rings. The van der Waals surface area contributed by atoms with Crippen LogP contribution in [0.5, 0.6) is 5.75 Å². The molecule has 3 unspecified atom stereocenters. The quantitative estimate of drug-likeness (QED) is 0.846. The molecular formula is C17H26FNO. The highest BCUT2D eigenvalue weighted by atomic mass is 19.1. The van der Waals surface area contributed by atoms with Gasteiger partial charge in [-0.1, -0.05) is 26.8 Å². The number of methoxy groups -OCH3 is 1. The second kappa shape index (κ2) is 6.13. The molecule has 1 saturated carbocycles. The van der Waals surface area contributed by atoms with Gasteiger partial charge in [-0.15, -0.1) is 0 Å². The van der Waals surface area contributed by atoms with Crippen molar-refractivity contribution in [2.24, 2.45) is 5.41 Å². The van der Waals surface area contributed by atoms with Crippen LogP contribution in [0.15, 0.2) is 18.2 Å². The average molecular weight is 279 g/mol. The maximum absolute atomic E-state index is 13.9. The van der Waals surface area contributed by atoms with E-state index in [1.54, 1.807) is 12.1 Å². The van der Waals surface area contributed by atoms with Crippen LogP contribution in [-0.2, 0) is 0 Å². The van der Waals surface area contributed by atoms with Crippen molar-refractivity contribution in [3.05, 3.63) is 29.6 Å². The van der Waals surface area contributed by atoms with Crippen molar-refractivity contribution in [2.75, 3.05) is 13.7 Å². The fraction of sp³-hybridized carbons (Fsp3) is 0.647. The van der Waals surface area contributed by atoms with Crippen molar-refractivity contribution in [1.29, 1.82) is 0 Å². The molecule has 1 fully saturated rings. The van der Waals surface area contributed by atoms with Gasteiger partial charge in [0.1, 0.15) is 0 Å². The Hall–Kier alpha value is -1.09. The van der Waals surface area contributed by atoms with Crippen molar-refractivity contribution < 1.29 is 9.13 Å². The van der Waals surface area contributed by atoms with Crippen LogP contribution in [0, 0.1) is 11.2 Å². The molecule has 0 aromatic heterocycles. The van der Waals surface area contributed by atoms with Gasteiger partial charge in [0.25, 0.3) is 0 Å². The number of hydrogen-bond donors (Lipinski definition) is 1. The molecule has 0 amide bonds. The van der Waals surface area contributed by atoms with E-state index in [0.717, 1.165) is 31.4 Å². The molecule has 0 radical (unpaired) electrons. The van der Waals surface area contributed by atoms with Crippen LogP contribution in [0.25, 0.3) is 0 Å². The first kappa shape index (κ1) is 15.3. The Morgan fingerprint density at radius 3 is 2.70 bits per heavy atom. The summed E-state index contributed by atoms with van der Waals surface area (Å²) in [5, 5.41) is 3.63. The molecule has 2 rings (SSSR count). The van der Waals surface area contributed by atoms with E-state index in [-0.39, 0.29) is 11.2 Å². The Morgan fingerprint density at radius 2 is 2.15 bits per heavy atom. The van der Waals surface area contributed by atoms with Gasteiger partial charge in [-0.3, -0.25) is 0 Å². The third-order valence-corrected chi connectivity index (χ3v) is 5.04. The van der Waals surface area contributed by atoms with Gasteiger partial charge in [0.15, 0.2) is 11.6 Å². The van der Waals surface area contributed by atoms with Gasteiger partial charge in [-0.2, -0.15) is 0 Å². The molecule has 2 nitrogen and oxygen atoms in total. The minimum absolute atomic E-state index is 0.218. The lowest BCUT2D eigenvalue weighted by Gasteiger charge is -2.55. The van der Waals surface area contributed by atoms with Gasteiger partial charge in [0, 0.05) is 6.04 Å². The normalized spacial score (nSPS) is 29.1. The molecule has 0 bridgehead atoms. The fourth-order valence-electron chi connectivity index (χ4n) is 3.40. The average Bonchev–Trinajstić information content (AvgIpc) is 2.45. The van der Waals surface area contributed by atoms with Crippen molar-refractivity contribution >= 4 is 0 Å². The van der Waals surface area contributed by atoms with Crippen LogP contribution >= 0.6 is 0 Å². The monoisotopic (exact) mass is 279 g/mol. The van der Waals surface area contributed by atoms with Gasteiger partial charge in [0.05, 0.1) is 7.11 Å². The molecular weight excluding hydrogens is 253 g/mol. The SMILES string of the molecule is CCCNC1CC(c2ccc(OC)c(F)c2)C1(C)CC. The highest BCUT2D eigenvalue weighted by Crippen LogP contribution is 2.55. The zero-order valence-electron chi connectivity index (χ0n) is 13.0. The second-order valence-electron chi connectivity index (χ2n) is 6.05. The van der Waals surface area contributed by atoms with E-state index < -0.39 is 0 Å². The summed E-state index contributed by atoms with van der Waals surface area (Å²) in [7, 11) is 1.50. The highest BCUT2D eigenvalue weighted by Gasteiger charge is 2.50. The lowest BCUT2D eigenvalue weighted by Crippen LogP contribution is -2.56. The van der Waals surface area contributed by atoms with E-state index in [1.807, 2.05) is 6.07 Å². The molecule has 0 spiro atoms. The van der Waals surface area contributed by atoms with Crippen LogP contribution in [0.2, 0.25) is 0 Å². The van der Waals surface area contributed by atoms with Gasteiger partial charge < -0.3 is 10.1 Å². The van der Waals surface area contributed by atoms with Crippen LogP contribution in [0.3, 0.4) is 0 Å². The summed E-state index contributed by atoms with van der Waals surface area (Å²) in [4.78, 5) is 0. The maximum atomic E-state index is 13.9. The highest BCUT2D eigenvalue weighted by molar-refractivity contribution is 5.34. The van der Waals surface area contributed by atoms with Gasteiger partial charge in [0.2, 0.25) is 0 Å². The summed E-state index contributed by atoms with van der Waals surface area (Å²) < 4.78 is 18.9. The number of hydrogen-bond acceptors (Lipinski definition) is 2. The molecule has 0 saturated heterocycles. The molecule has 0 heterocycles. The zero-order chi connectivity index (χ0) is 14.8. The third-order valence-electron chi connectivity index (χ3n) is 5.04. The van der Waals surface area contributed by atoms with E-state index in [1.165, 1.54) is 7.11 Å². The number of benzene rings is 1. The first-order valence-corrected chi connectivity index (χ1v) is 7.63. The summed E-state index contributed by atoms with van der Waals surface area (Å²) in [6.45, 7) is 7.79. The predicted octanol–water partition coefficient (Wildman–Crippen LogP) is 4.11. The van der Waals surface area contributed by atoms with Crippen molar-refractivity contribution in [3.8, 4) is 5.75 Å². The van der Waals surface area contributed by atoms with Crippen LogP contribution in [-0.4, -0.2) is 19.7 Å². The predicted molar refractivity (Wildman–Crippen MR) is 80.8 cm³/mol. The van der Waals surface area contributed by atoms with Crippen molar-refractivity contribution in [1.82, 2.24) is 5.32 Å². The molecule has 1 aromatic carbocycles. The Bertz CT molecular complexity index is 462. The number of ether oxygens (including phenoxy) is 1. The molecule has 112 valence electrons. The first-order chi connectivity index (χ1) is 9.56. The molecule has 1 N–H and O–H groups in total. The molecule has 0 aliphatic heterocycles. The Morgan fingerprint density at radius 1 is 1.40 bits per heavy atom. The maximum Gasteiger partial charge on any atom is 0.165 e. The van der Waals surface area contributed by atoms with Gasteiger partial charge in [-0.25, -0.2) is 4.39 Å². The zero-order valence-corrected chi connectivity index (χ0v) is 13.0. The molecule has 3 atom stereocenters. The van der Waals surface area contributed by atoms with E-state index in [4.69, 9.17) is 4.74 Å². The summed E-state index contributed by atoms with van der Waals surface area (Å²) in [5.74, 6) is 0.502. The fourth-order valence-corrected chi connectivity index (χ4v) is 3.40. The Labute approximate surface area is 121 Å². The number of nitrogens with one attached hydrogen (secondary N) is 1. The number of rotatable bonds is 6.